The average Bonchev–Trinajstić information content (AvgIpc) is 2.94. The molecular formula is C14H17N3O5. The lowest BCUT2D eigenvalue weighted by Crippen LogP contribution is -2.43. The highest BCUT2D eigenvalue weighted by atomic mass is 16.6. The Bertz CT molecular complexity index is 560. The zero-order valence-electron chi connectivity index (χ0n) is 12.2. The summed E-state index contributed by atoms with van der Waals surface area (Å²) in [5.41, 5.74) is -0.0703. The van der Waals surface area contributed by atoms with Gasteiger partial charge in [-0.2, -0.15) is 0 Å². The number of nitro groups is 1. The Hall–Kier alpha value is -2.48. The molecule has 8 nitrogen and oxygen atoms in total. The van der Waals surface area contributed by atoms with Gasteiger partial charge >= 0.3 is 6.09 Å². The summed E-state index contributed by atoms with van der Waals surface area (Å²) in [5.74, 6) is 0.232. The van der Waals surface area contributed by atoms with E-state index in [-0.39, 0.29) is 17.5 Å². The zero-order chi connectivity index (χ0) is 16.1. The van der Waals surface area contributed by atoms with E-state index in [9.17, 15) is 19.7 Å². The van der Waals surface area contributed by atoms with E-state index in [1.165, 1.54) is 29.2 Å². The van der Waals surface area contributed by atoms with Gasteiger partial charge in [-0.15, -0.1) is 0 Å². The van der Waals surface area contributed by atoms with Crippen molar-refractivity contribution >= 4 is 18.1 Å². The van der Waals surface area contributed by atoms with Gasteiger partial charge in [-0.25, -0.2) is 4.79 Å². The van der Waals surface area contributed by atoms with Crippen LogP contribution in [0.4, 0.5) is 10.5 Å². The maximum atomic E-state index is 12.0. The number of likely N-dealkylation sites (tertiary alicyclic amines) is 1. The van der Waals surface area contributed by atoms with Gasteiger partial charge in [-0.1, -0.05) is 0 Å². The van der Waals surface area contributed by atoms with Crippen LogP contribution in [-0.4, -0.2) is 53.4 Å². The summed E-state index contributed by atoms with van der Waals surface area (Å²) in [5, 5.41) is 10.6. The summed E-state index contributed by atoms with van der Waals surface area (Å²) in [7, 11) is 1.58. The minimum Gasteiger partial charge on any atom is -0.410 e. The molecule has 1 aromatic rings. The molecule has 118 valence electrons. The van der Waals surface area contributed by atoms with Gasteiger partial charge in [0, 0.05) is 25.7 Å². The summed E-state index contributed by atoms with van der Waals surface area (Å²) in [6, 6.07) is 5.12. The topological polar surface area (TPSA) is 93.0 Å². The van der Waals surface area contributed by atoms with Crippen molar-refractivity contribution in [1.29, 1.82) is 0 Å². The molecule has 0 radical (unpaired) electrons. The van der Waals surface area contributed by atoms with Gasteiger partial charge in [0.25, 0.3) is 5.69 Å². The van der Waals surface area contributed by atoms with Gasteiger partial charge in [0.15, 0.2) is 0 Å². The minimum absolute atomic E-state index is 0.0703. The van der Waals surface area contributed by atoms with Crippen molar-refractivity contribution in [1.82, 2.24) is 9.80 Å². The third-order valence-corrected chi connectivity index (χ3v) is 3.53. The van der Waals surface area contributed by atoms with Crippen LogP contribution in [0.25, 0.3) is 0 Å². The number of rotatable bonds is 5. The van der Waals surface area contributed by atoms with Crippen LogP contribution < -0.4 is 4.74 Å². The average molecular weight is 307 g/mol. The molecule has 1 atom stereocenters. The highest BCUT2D eigenvalue weighted by Gasteiger charge is 2.26. The lowest BCUT2D eigenvalue weighted by molar-refractivity contribution is -0.384. The number of non-ortho nitro benzene ring substituents is 1. The van der Waals surface area contributed by atoms with Crippen LogP contribution in [0, 0.1) is 10.1 Å². The molecule has 0 N–H and O–H groups in total. The standard InChI is InChI=1S/C14H17N3O5/c1-15(10-16-8-2-3-12(16)9-18)14(19)22-13-6-4-11(5-7-13)17(20)21/h4-7,9,12H,2-3,8,10H2,1H3/t12-/m1/s1. The first-order chi connectivity index (χ1) is 10.5. The summed E-state index contributed by atoms with van der Waals surface area (Å²) in [6.45, 7) is 1.06. The number of carbonyl (C=O) groups is 2. The van der Waals surface area contributed by atoms with Gasteiger partial charge in [0.1, 0.15) is 12.0 Å². The molecule has 1 amide bonds. The second-order valence-corrected chi connectivity index (χ2v) is 5.12. The van der Waals surface area contributed by atoms with Gasteiger partial charge in [0.2, 0.25) is 0 Å². The van der Waals surface area contributed by atoms with Crippen molar-refractivity contribution in [3.63, 3.8) is 0 Å². The second-order valence-electron chi connectivity index (χ2n) is 5.12. The maximum Gasteiger partial charge on any atom is 0.416 e. The SMILES string of the molecule is CN(CN1CCC[C@@H]1C=O)C(=O)Oc1ccc([N+](=O)[O-])cc1. The van der Waals surface area contributed by atoms with E-state index in [1.54, 1.807) is 7.05 Å². The molecule has 22 heavy (non-hydrogen) atoms. The third kappa shape index (κ3) is 3.79. The van der Waals surface area contributed by atoms with Crippen molar-refractivity contribution in [2.45, 2.75) is 18.9 Å². The number of hydrogen-bond acceptors (Lipinski definition) is 6. The van der Waals surface area contributed by atoms with Crippen LogP contribution in [0.5, 0.6) is 5.75 Å². The fraction of sp³-hybridized carbons (Fsp3) is 0.429. The fourth-order valence-corrected chi connectivity index (χ4v) is 2.33. The second kappa shape index (κ2) is 6.99. The molecule has 1 aliphatic heterocycles. The molecule has 0 aromatic heterocycles. The first-order valence-electron chi connectivity index (χ1n) is 6.88. The molecule has 1 aliphatic rings. The first kappa shape index (κ1) is 15.9. The van der Waals surface area contributed by atoms with E-state index in [0.717, 1.165) is 25.7 Å². The highest BCUT2D eigenvalue weighted by Crippen LogP contribution is 2.19. The van der Waals surface area contributed by atoms with Gasteiger partial charge < -0.3 is 9.53 Å². The molecule has 8 heteroatoms. The minimum atomic E-state index is -0.578. The predicted octanol–water partition coefficient (Wildman–Crippen LogP) is 1.65. The molecule has 0 spiro atoms. The largest absolute Gasteiger partial charge is 0.416 e. The Labute approximate surface area is 127 Å². The Balaban J connectivity index is 1.90. The van der Waals surface area contributed by atoms with Crippen molar-refractivity contribution in [3.8, 4) is 5.75 Å². The Kier molecular flexibility index (Phi) is 5.05. The van der Waals surface area contributed by atoms with E-state index in [4.69, 9.17) is 4.74 Å². The summed E-state index contributed by atoms with van der Waals surface area (Å²) in [6.07, 6.45) is 2.04. The molecular weight excluding hydrogens is 290 g/mol. The predicted molar refractivity (Wildman–Crippen MR) is 77.5 cm³/mol. The monoisotopic (exact) mass is 307 g/mol. The molecule has 0 saturated carbocycles. The molecule has 0 unspecified atom stereocenters. The lowest BCUT2D eigenvalue weighted by atomic mass is 10.2. The number of aldehydes is 1. The van der Waals surface area contributed by atoms with Crippen LogP contribution in [0.3, 0.4) is 0 Å². The van der Waals surface area contributed by atoms with Crippen LogP contribution >= 0.6 is 0 Å². The normalized spacial score (nSPS) is 18.0. The molecule has 0 bridgehead atoms. The van der Waals surface area contributed by atoms with Crippen LogP contribution in [0.1, 0.15) is 12.8 Å². The number of benzene rings is 1. The van der Waals surface area contributed by atoms with Gasteiger partial charge in [-0.05, 0) is 25.0 Å². The quantitative estimate of drug-likeness (QED) is 0.466. The van der Waals surface area contributed by atoms with Crippen molar-refractivity contribution in [2.24, 2.45) is 0 Å². The van der Waals surface area contributed by atoms with E-state index < -0.39 is 11.0 Å². The van der Waals surface area contributed by atoms with Gasteiger partial charge in [0.05, 0.1) is 17.6 Å². The van der Waals surface area contributed by atoms with E-state index in [0.29, 0.717) is 6.67 Å². The number of ether oxygens (including phenoxy) is 1. The van der Waals surface area contributed by atoms with Crippen molar-refractivity contribution < 1.29 is 19.2 Å². The summed E-state index contributed by atoms with van der Waals surface area (Å²) >= 11 is 0. The fourth-order valence-electron chi connectivity index (χ4n) is 2.33. The van der Waals surface area contributed by atoms with E-state index in [1.807, 2.05) is 4.90 Å². The van der Waals surface area contributed by atoms with Crippen molar-refractivity contribution in [3.05, 3.63) is 34.4 Å². The van der Waals surface area contributed by atoms with Gasteiger partial charge in [-0.3, -0.25) is 19.9 Å². The summed E-state index contributed by atoms with van der Waals surface area (Å²) in [4.78, 5) is 36.2. The Morgan fingerprint density at radius 3 is 2.77 bits per heavy atom. The van der Waals surface area contributed by atoms with E-state index >= 15 is 0 Å². The highest BCUT2D eigenvalue weighted by molar-refractivity contribution is 5.70. The van der Waals surface area contributed by atoms with Crippen molar-refractivity contribution in [2.75, 3.05) is 20.3 Å². The van der Waals surface area contributed by atoms with Crippen LogP contribution in [0.15, 0.2) is 24.3 Å². The van der Waals surface area contributed by atoms with Crippen LogP contribution in [0.2, 0.25) is 0 Å². The zero-order valence-corrected chi connectivity index (χ0v) is 12.2. The third-order valence-electron chi connectivity index (χ3n) is 3.53. The molecule has 0 aliphatic carbocycles. The smallest absolute Gasteiger partial charge is 0.410 e. The lowest BCUT2D eigenvalue weighted by Gasteiger charge is -2.26. The Morgan fingerprint density at radius 2 is 2.18 bits per heavy atom. The van der Waals surface area contributed by atoms with Crippen LogP contribution in [-0.2, 0) is 4.79 Å². The maximum absolute atomic E-state index is 12.0. The molecule has 1 fully saturated rings. The number of carbonyl (C=O) groups excluding carboxylic acids is 2. The molecule has 1 saturated heterocycles. The number of hydrogen-bond donors (Lipinski definition) is 0. The van der Waals surface area contributed by atoms with E-state index in [2.05, 4.69) is 0 Å². The first-order valence-corrected chi connectivity index (χ1v) is 6.88. The molecule has 1 heterocycles. The molecule has 2 rings (SSSR count). The Morgan fingerprint density at radius 1 is 1.50 bits per heavy atom. The molecule has 1 aromatic carbocycles. The number of nitro benzene ring substituents is 1. The number of nitrogens with zero attached hydrogens (tertiary/aromatic N) is 3. The summed E-state index contributed by atoms with van der Waals surface area (Å²) < 4.78 is 5.14. The number of amides is 1.